The first-order chi connectivity index (χ1) is 9.72. The second kappa shape index (κ2) is 5.28. The van der Waals surface area contributed by atoms with Crippen LogP contribution >= 0.6 is 0 Å². The number of nitrogens with zero attached hydrogens (tertiary/aromatic N) is 1. The minimum Gasteiger partial charge on any atom is -0.317 e. The molecule has 1 N–H and O–H groups in total. The Morgan fingerprint density at radius 1 is 0.950 bits per heavy atom. The molecule has 4 aliphatic carbocycles. The van der Waals surface area contributed by atoms with Gasteiger partial charge in [-0.05, 0) is 101 Å². The van der Waals surface area contributed by atoms with Crippen LogP contribution in [0.25, 0.3) is 0 Å². The summed E-state index contributed by atoms with van der Waals surface area (Å²) in [7, 11) is 2.43. The largest absolute Gasteiger partial charge is 0.317 e. The molecular weight excluding hydrogens is 244 g/mol. The normalized spacial score (nSPS) is 47.7. The van der Waals surface area contributed by atoms with Crippen molar-refractivity contribution in [1.29, 1.82) is 0 Å². The van der Waals surface area contributed by atoms with Gasteiger partial charge in [-0.25, -0.2) is 0 Å². The Morgan fingerprint density at radius 2 is 1.60 bits per heavy atom. The third-order valence-corrected chi connectivity index (χ3v) is 6.92. The minimum absolute atomic E-state index is 0.725. The monoisotopic (exact) mass is 276 g/mol. The Labute approximate surface area is 124 Å². The molecule has 5 rings (SSSR count). The second-order valence-electron chi connectivity index (χ2n) is 8.67. The van der Waals surface area contributed by atoms with Crippen molar-refractivity contribution in [3.05, 3.63) is 0 Å². The molecule has 0 aromatic carbocycles. The molecule has 2 heteroatoms. The first kappa shape index (κ1) is 13.6. The lowest BCUT2D eigenvalue weighted by Crippen LogP contribution is -2.52. The molecule has 4 bridgehead atoms. The number of nitrogens with one attached hydrogen (secondary N) is 1. The van der Waals surface area contributed by atoms with E-state index in [0.717, 1.165) is 29.2 Å². The second-order valence-corrected chi connectivity index (χ2v) is 8.67. The van der Waals surface area contributed by atoms with Gasteiger partial charge in [-0.1, -0.05) is 0 Å². The molecule has 2 nitrogen and oxygen atoms in total. The molecule has 0 radical (unpaired) electrons. The van der Waals surface area contributed by atoms with Crippen LogP contribution in [0.2, 0.25) is 0 Å². The highest BCUT2D eigenvalue weighted by molar-refractivity contribution is 5.02. The zero-order valence-electron chi connectivity index (χ0n) is 13.2. The van der Waals surface area contributed by atoms with Crippen LogP contribution in [-0.4, -0.2) is 37.6 Å². The van der Waals surface area contributed by atoms with Gasteiger partial charge in [0.2, 0.25) is 0 Å². The summed E-state index contributed by atoms with van der Waals surface area (Å²) in [4.78, 5) is 2.76. The topological polar surface area (TPSA) is 15.3 Å². The van der Waals surface area contributed by atoms with E-state index in [1.165, 1.54) is 38.9 Å². The summed E-state index contributed by atoms with van der Waals surface area (Å²) in [5, 5.41) is 3.56. The molecule has 0 aromatic rings. The average molecular weight is 276 g/mol. The average Bonchev–Trinajstić information content (AvgIpc) is 2.65. The SMILES string of the molecule is CN(CC12CC3CC(CC(C3)C1)C2)C1CCCNCC1. The van der Waals surface area contributed by atoms with E-state index >= 15 is 0 Å². The molecule has 4 saturated carbocycles. The lowest BCUT2D eigenvalue weighted by Gasteiger charge is -2.58. The Balaban J connectivity index is 1.42. The molecule has 0 amide bonds. The van der Waals surface area contributed by atoms with E-state index in [0.29, 0.717) is 0 Å². The van der Waals surface area contributed by atoms with Crippen LogP contribution in [0.4, 0.5) is 0 Å². The van der Waals surface area contributed by atoms with Crippen molar-refractivity contribution in [2.45, 2.75) is 63.8 Å². The molecule has 1 atom stereocenters. The van der Waals surface area contributed by atoms with Crippen LogP contribution in [-0.2, 0) is 0 Å². The van der Waals surface area contributed by atoms with E-state index in [9.17, 15) is 0 Å². The molecule has 5 fully saturated rings. The van der Waals surface area contributed by atoms with Crippen molar-refractivity contribution in [2.24, 2.45) is 23.2 Å². The quantitative estimate of drug-likeness (QED) is 0.851. The lowest BCUT2D eigenvalue weighted by molar-refractivity contribution is -0.0712. The van der Waals surface area contributed by atoms with Gasteiger partial charge in [-0.15, -0.1) is 0 Å². The van der Waals surface area contributed by atoms with Crippen LogP contribution in [0.1, 0.15) is 57.8 Å². The van der Waals surface area contributed by atoms with Crippen LogP contribution in [0.3, 0.4) is 0 Å². The summed E-state index contributed by atoms with van der Waals surface area (Å²) in [6.07, 6.45) is 13.6. The standard InChI is InChI=1S/C18H32N2/c1-20(17-3-2-5-19-6-4-17)13-18-10-14-7-15(11-18)9-16(8-14)12-18/h14-17,19H,2-13H2,1H3. The van der Waals surface area contributed by atoms with Gasteiger partial charge in [0.25, 0.3) is 0 Å². The van der Waals surface area contributed by atoms with Crippen molar-refractivity contribution in [1.82, 2.24) is 10.2 Å². The Hall–Kier alpha value is -0.0800. The van der Waals surface area contributed by atoms with E-state index < -0.39 is 0 Å². The molecule has 20 heavy (non-hydrogen) atoms. The molecule has 114 valence electrons. The maximum absolute atomic E-state index is 3.56. The Bertz CT molecular complexity index is 308. The van der Waals surface area contributed by atoms with Crippen LogP contribution < -0.4 is 5.32 Å². The molecule has 1 aliphatic heterocycles. The summed E-state index contributed by atoms with van der Waals surface area (Å²) >= 11 is 0. The van der Waals surface area contributed by atoms with Crippen LogP contribution in [0.5, 0.6) is 0 Å². The minimum atomic E-state index is 0.725. The highest BCUT2D eigenvalue weighted by Crippen LogP contribution is 2.60. The predicted molar refractivity (Wildman–Crippen MR) is 83.7 cm³/mol. The third-order valence-electron chi connectivity index (χ3n) is 6.92. The van der Waals surface area contributed by atoms with E-state index in [2.05, 4.69) is 17.3 Å². The van der Waals surface area contributed by atoms with Crippen molar-refractivity contribution in [3.8, 4) is 0 Å². The van der Waals surface area contributed by atoms with Crippen LogP contribution in [0, 0.1) is 23.2 Å². The summed E-state index contributed by atoms with van der Waals surface area (Å²) in [6, 6.07) is 0.845. The zero-order valence-corrected chi connectivity index (χ0v) is 13.2. The highest BCUT2D eigenvalue weighted by Gasteiger charge is 2.51. The van der Waals surface area contributed by atoms with Gasteiger partial charge in [0, 0.05) is 12.6 Å². The lowest BCUT2D eigenvalue weighted by atomic mass is 9.49. The summed E-state index contributed by atoms with van der Waals surface area (Å²) in [5.74, 6) is 3.31. The number of hydrogen-bond acceptors (Lipinski definition) is 2. The van der Waals surface area contributed by atoms with Gasteiger partial charge in [0.05, 0.1) is 0 Å². The molecule has 0 spiro atoms. The predicted octanol–water partition coefficient (Wildman–Crippen LogP) is 3.28. The van der Waals surface area contributed by atoms with Gasteiger partial charge in [-0.3, -0.25) is 0 Å². The van der Waals surface area contributed by atoms with Crippen molar-refractivity contribution in [2.75, 3.05) is 26.7 Å². The fourth-order valence-corrected chi connectivity index (χ4v) is 6.58. The summed E-state index contributed by atoms with van der Waals surface area (Å²) in [5.41, 5.74) is 0.725. The summed E-state index contributed by atoms with van der Waals surface area (Å²) in [6.45, 7) is 3.87. The first-order valence-corrected chi connectivity index (χ1v) is 9.13. The van der Waals surface area contributed by atoms with E-state index in [-0.39, 0.29) is 0 Å². The molecule has 1 heterocycles. The molecule has 1 unspecified atom stereocenters. The van der Waals surface area contributed by atoms with E-state index in [1.54, 1.807) is 38.5 Å². The fourth-order valence-electron chi connectivity index (χ4n) is 6.58. The van der Waals surface area contributed by atoms with E-state index in [1.807, 2.05) is 0 Å². The maximum Gasteiger partial charge on any atom is 0.0105 e. The Morgan fingerprint density at radius 3 is 2.25 bits per heavy atom. The van der Waals surface area contributed by atoms with Gasteiger partial charge in [-0.2, -0.15) is 0 Å². The van der Waals surface area contributed by atoms with Gasteiger partial charge >= 0.3 is 0 Å². The number of rotatable bonds is 3. The fraction of sp³-hybridized carbons (Fsp3) is 1.00. The van der Waals surface area contributed by atoms with Crippen molar-refractivity contribution in [3.63, 3.8) is 0 Å². The number of hydrogen-bond donors (Lipinski definition) is 1. The van der Waals surface area contributed by atoms with Gasteiger partial charge in [0.1, 0.15) is 0 Å². The maximum atomic E-state index is 3.56. The van der Waals surface area contributed by atoms with Gasteiger partial charge < -0.3 is 10.2 Å². The smallest absolute Gasteiger partial charge is 0.0105 e. The third kappa shape index (κ3) is 2.54. The van der Waals surface area contributed by atoms with Crippen LogP contribution in [0.15, 0.2) is 0 Å². The highest BCUT2D eigenvalue weighted by atomic mass is 15.1. The summed E-state index contributed by atoms with van der Waals surface area (Å²) < 4.78 is 0. The Kier molecular flexibility index (Phi) is 3.58. The molecule has 0 aromatic heterocycles. The van der Waals surface area contributed by atoms with Gasteiger partial charge in [0.15, 0.2) is 0 Å². The zero-order chi connectivity index (χ0) is 13.6. The first-order valence-electron chi connectivity index (χ1n) is 9.13. The molecular formula is C18H32N2. The van der Waals surface area contributed by atoms with Crippen molar-refractivity contribution >= 4 is 0 Å². The molecule has 5 aliphatic rings. The van der Waals surface area contributed by atoms with E-state index in [4.69, 9.17) is 0 Å². The van der Waals surface area contributed by atoms with Crippen molar-refractivity contribution < 1.29 is 0 Å². The molecule has 1 saturated heterocycles.